The highest BCUT2D eigenvalue weighted by molar-refractivity contribution is 5.29. The third-order valence-electron chi connectivity index (χ3n) is 4.24. The molecule has 1 saturated heterocycles. The van der Waals surface area contributed by atoms with Crippen LogP contribution in [0.2, 0.25) is 0 Å². The van der Waals surface area contributed by atoms with Gasteiger partial charge in [0.2, 0.25) is 0 Å². The second-order valence-corrected chi connectivity index (χ2v) is 5.86. The molecule has 1 aromatic heterocycles. The van der Waals surface area contributed by atoms with Gasteiger partial charge in [-0.1, -0.05) is 6.92 Å². The minimum atomic E-state index is 0.0161. The zero-order valence-electron chi connectivity index (χ0n) is 12.6. The van der Waals surface area contributed by atoms with Crippen LogP contribution in [0.15, 0.2) is 0 Å². The number of hydrogen-bond donors (Lipinski definition) is 1. The standard InChI is InChI=1S/C15H24N4O/c1-4-12-11-7-16-8-13(11)18-15(17-12)14-9-19(10(2)3)5-6-20-14/h10,14,16H,4-9H2,1-3H3. The quantitative estimate of drug-likeness (QED) is 0.905. The molecule has 1 aromatic rings. The van der Waals surface area contributed by atoms with Gasteiger partial charge in [-0.2, -0.15) is 0 Å². The average Bonchev–Trinajstić information content (AvgIpc) is 2.94. The van der Waals surface area contributed by atoms with Gasteiger partial charge in [-0.3, -0.25) is 4.90 Å². The number of fused-ring (bicyclic) bond motifs is 1. The summed E-state index contributed by atoms with van der Waals surface area (Å²) in [6.07, 6.45) is 0.975. The van der Waals surface area contributed by atoms with E-state index in [0.717, 1.165) is 50.7 Å². The van der Waals surface area contributed by atoms with E-state index in [9.17, 15) is 0 Å². The van der Waals surface area contributed by atoms with Gasteiger partial charge in [-0.05, 0) is 20.3 Å². The summed E-state index contributed by atoms with van der Waals surface area (Å²) in [5.41, 5.74) is 3.64. The predicted molar refractivity (Wildman–Crippen MR) is 77.4 cm³/mol. The molecule has 1 unspecified atom stereocenters. The first-order chi connectivity index (χ1) is 9.69. The highest BCUT2D eigenvalue weighted by Crippen LogP contribution is 2.24. The van der Waals surface area contributed by atoms with E-state index in [4.69, 9.17) is 14.7 Å². The van der Waals surface area contributed by atoms with Crippen molar-refractivity contribution in [2.75, 3.05) is 19.7 Å². The van der Waals surface area contributed by atoms with Crippen LogP contribution in [0.4, 0.5) is 0 Å². The van der Waals surface area contributed by atoms with E-state index in [1.165, 1.54) is 11.3 Å². The second-order valence-electron chi connectivity index (χ2n) is 5.86. The highest BCUT2D eigenvalue weighted by Gasteiger charge is 2.28. The first-order valence-electron chi connectivity index (χ1n) is 7.64. The smallest absolute Gasteiger partial charge is 0.158 e. The summed E-state index contributed by atoms with van der Waals surface area (Å²) in [6, 6.07) is 0.545. The molecule has 0 radical (unpaired) electrons. The summed E-state index contributed by atoms with van der Waals surface area (Å²) in [4.78, 5) is 12.0. The summed E-state index contributed by atoms with van der Waals surface area (Å²) >= 11 is 0. The van der Waals surface area contributed by atoms with Gasteiger partial charge in [-0.15, -0.1) is 0 Å². The Hall–Kier alpha value is -1.04. The van der Waals surface area contributed by atoms with Gasteiger partial charge in [0, 0.05) is 43.5 Å². The van der Waals surface area contributed by atoms with Gasteiger partial charge in [0.15, 0.2) is 5.82 Å². The minimum Gasteiger partial charge on any atom is -0.368 e. The molecule has 5 heteroatoms. The minimum absolute atomic E-state index is 0.0161. The van der Waals surface area contributed by atoms with Crippen molar-refractivity contribution >= 4 is 0 Å². The first-order valence-corrected chi connectivity index (χ1v) is 7.64. The van der Waals surface area contributed by atoms with E-state index in [1.807, 2.05) is 0 Å². The molecule has 5 nitrogen and oxygen atoms in total. The van der Waals surface area contributed by atoms with Crippen LogP contribution in [0.25, 0.3) is 0 Å². The van der Waals surface area contributed by atoms with Crippen LogP contribution >= 0.6 is 0 Å². The summed E-state index contributed by atoms with van der Waals surface area (Å²) in [6.45, 7) is 11.0. The Morgan fingerprint density at radius 1 is 1.35 bits per heavy atom. The maximum absolute atomic E-state index is 5.92. The molecule has 3 heterocycles. The Kier molecular flexibility index (Phi) is 4.01. The van der Waals surface area contributed by atoms with Crippen LogP contribution in [-0.4, -0.2) is 40.6 Å². The van der Waals surface area contributed by atoms with Crippen LogP contribution < -0.4 is 5.32 Å². The van der Waals surface area contributed by atoms with E-state index >= 15 is 0 Å². The van der Waals surface area contributed by atoms with E-state index in [-0.39, 0.29) is 6.10 Å². The van der Waals surface area contributed by atoms with Crippen molar-refractivity contribution in [3.63, 3.8) is 0 Å². The van der Waals surface area contributed by atoms with Gasteiger partial charge >= 0.3 is 0 Å². The molecule has 1 atom stereocenters. The molecule has 1 N–H and O–H groups in total. The zero-order valence-corrected chi connectivity index (χ0v) is 12.6. The predicted octanol–water partition coefficient (Wildman–Crippen LogP) is 1.42. The molecule has 0 bridgehead atoms. The fourth-order valence-corrected chi connectivity index (χ4v) is 2.99. The van der Waals surface area contributed by atoms with Gasteiger partial charge in [0.25, 0.3) is 0 Å². The van der Waals surface area contributed by atoms with Gasteiger partial charge in [-0.25, -0.2) is 9.97 Å². The Morgan fingerprint density at radius 2 is 2.20 bits per heavy atom. The molecule has 2 aliphatic rings. The molecule has 0 spiro atoms. The van der Waals surface area contributed by atoms with E-state index < -0.39 is 0 Å². The topological polar surface area (TPSA) is 50.3 Å². The van der Waals surface area contributed by atoms with Crippen molar-refractivity contribution in [3.05, 3.63) is 22.8 Å². The molecule has 110 valence electrons. The van der Waals surface area contributed by atoms with Crippen LogP contribution in [0.5, 0.6) is 0 Å². The third kappa shape index (κ3) is 2.57. The maximum atomic E-state index is 5.92. The molecule has 0 saturated carbocycles. The Labute approximate surface area is 120 Å². The first kappa shape index (κ1) is 13.9. The van der Waals surface area contributed by atoms with E-state index in [1.54, 1.807) is 0 Å². The lowest BCUT2D eigenvalue weighted by Gasteiger charge is -2.35. The molecule has 20 heavy (non-hydrogen) atoms. The SMILES string of the molecule is CCc1nc(C2CN(C(C)C)CCO2)nc2c1CNC2. The van der Waals surface area contributed by atoms with E-state index in [0.29, 0.717) is 6.04 Å². The van der Waals surface area contributed by atoms with Gasteiger partial charge < -0.3 is 10.1 Å². The number of ether oxygens (including phenoxy) is 1. The van der Waals surface area contributed by atoms with Crippen molar-refractivity contribution in [3.8, 4) is 0 Å². The zero-order chi connectivity index (χ0) is 14.1. The van der Waals surface area contributed by atoms with Crippen LogP contribution in [0.1, 0.15) is 49.7 Å². The Balaban J connectivity index is 1.86. The number of aryl methyl sites for hydroxylation is 1. The second kappa shape index (κ2) is 5.76. The average molecular weight is 276 g/mol. The fourth-order valence-electron chi connectivity index (χ4n) is 2.99. The van der Waals surface area contributed by atoms with Crippen LogP contribution in [0.3, 0.4) is 0 Å². The summed E-state index contributed by atoms with van der Waals surface area (Å²) in [5.74, 6) is 0.870. The van der Waals surface area contributed by atoms with Crippen molar-refractivity contribution in [2.45, 2.75) is 52.4 Å². The highest BCUT2D eigenvalue weighted by atomic mass is 16.5. The fraction of sp³-hybridized carbons (Fsp3) is 0.733. The molecular formula is C15H24N4O. The van der Waals surface area contributed by atoms with Crippen LogP contribution in [-0.2, 0) is 24.2 Å². The normalized spacial score (nSPS) is 23.3. The van der Waals surface area contributed by atoms with Crippen molar-refractivity contribution in [1.82, 2.24) is 20.2 Å². The lowest BCUT2D eigenvalue weighted by molar-refractivity contribution is -0.0444. The lowest BCUT2D eigenvalue weighted by atomic mass is 10.1. The number of morpholine rings is 1. The molecule has 0 aromatic carbocycles. The Bertz CT molecular complexity index is 489. The molecule has 0 amide bonds. The largest absolute Gasteiger partial charge is 0.368 e. The maximum Gasteiger partial charge on any atom is 0.158 e. The summed E-state index contributed by atoms with van der Waals surface area (Å²) in [7, 11) is 0. The summed E-state index contributed by atoms with van der Waals surface area (Å²) in [5, 5.41) is 3.37. The van der Waals surface area contributed by atoms with E-state index in [2.05, 4.69) is 31.0 Å². The molecule has 1 fully saturated rings. The number of nitrogens with zero attached hydrogens (tertiary/aromatic N) is 3. The molecule has 3 rings (SSSR count). The van der Waals surface area contributed by atoms with Crippen molar-refractivity contribution in [2.24, 2.45) is 0 Å². The molecule has 0 aliphatic carbocycles. The third-order valence-corrected chi connectivity index (χ3v) is 4.24. The number of nitrogens with one attached hydrogen (secondary N) is 1. The van der Waals surface area contributed by atoms with Crippen molar-refractivity contribution < 1.29 is 4.74 Å². The van der Waals surface area contributed by atoms with Gasteiger partial charge in [0.05, 0.1) is 12.3 Å². The number of rotatable bonds is 3. The molecule has 2 aliphatic heterocycles. The molecular weight excluding hydrogens is 252 g/mol. The van der Waals surface area contributed by atoms with Crippen molar-refractivity contribution in [1.29, 1.82) is 0 Å². The number of hydrogen-bond acceptors (Lipinski definition) is 5. The Morgan fingerprint density at radius 3 is 2.95 bits per heavy atom. The van der Waals surface area contributed by atoms with Gasteiger partial charge in [0.1, 0.15) is 6.10 Å². The summed E-state index contributed by atoms with van der Waals surface area (Å²) < 4.78 is 5.92. The van der Waals surface area contributed by atoms with Crippen LogP contribution in [0, 0.1) is 0 Å². The number of aromatic nitrogens is 2. The lowest BCUT2D eigenvalue weighted by Crippen LogP contribution is -2.42. The monoisotopic (exact) mass is 276 g/mol.